The molecule has 124 valence electrons. The maximum Gasteiger partial charge on any atom is 0.273 e. The molecule has 0 aliphatic heterocycles. The summed E-state index contributed by atoms with van der Waals surface area (Å²) in [7, 11) is 0. The van der Waals surface area contributed by atoms with E-state index in [-0.39, 0.29) is 11.3 Å². The van der Waals surface area contributed by atoms with Gasteiger partial charge in [0.2, 0.25) is 0 Å². The number of carbonyl (C=O) groups excluding carboxylic acids is 1. The number of amides is 1. The minimum Gasteiger partial charge on any atom is -0.267 e. The largest absolute Gasteiger partial charge is 0.273 e. The second-order valence-electron chi connectivity index (χ2n) is 5.71. The van der Waals surface area contributed by atoms with Crippen molar-refractivity contribution in [3.8, 4) is 0 Å². The molecule has 0 aliphatic carbocycles. The van der Waals surface area contributed by atoms with Gasteiger partial charge in [-0.1, -0.05) is 29.8 Å². The Labute approximate surface area is 140 Å². The van der Waals surface area contributed by atoms with Crippen molar-refractivity contribution in [2.75, 3.05) is 0 Å². The zero-order chi connectivity index (χ0) is 17.9. The van der Waals surface area contributed by atoms with Crippen molar-refractivity contribution in [1.29, 1.82) is 0 Å². The summed E-state index contributed by atoms with van der Waals surface area (Å²) in [5, 5.41) is 15.1. The minimum absolute atomic E-state index is 0.0854. The van der Waals surface area contributed by atoms with Gasteiger partial charge in [0.15, 0.2) is 0 Å². The molecule has 0 atom stereocenters. The highest BCUT2D eigenvalue weighted by molar-refractivity contribution is 6.02. The quantitative estimate of drug-likeness (QED) is 0.529. The third kappa shape index (κ3) is 3.84. The van der Waals surface area contributed by atoms with Gasteiger partial charge in [0, 0.05) is 22.8 Å². The number of carbonyl (C=O) groups is 1. The topological polar surface area (TPSA) is 84.6 Å². The molecule has 0 radical (unpaired) electrons. The molecule has 0 spiro atoms. The van der Waals surface area contributed by atoms with Crippen LogP contribution in [0, 0.1) is 30.9 Å². The number of hydrogen-bond acceptors (Lipinski definition) is 4. The van der Waals surface area contributed by atoms with Crippen LogP contribution in [-0.4, -0.2) is 16.5 Å². The van der Waals surface area contributed by atoms with Crippen LogP contribution in [0.1, 0.15) is 39.5 Å². The van der Waals surface area contributed by atoms with Crippen molar-refractivity contribution in [1.82, 2.24) is 5.43 Å². The molecule has 0 heterocycles. The van der Waals surface area contributed by atoms with E-state index in [0.717, 1.165) is 16.7 Å². The van der Waals surface area contributed by atoms with Crippen molar-refractivity contribution in [3.05, 3.63) is 74.3 Å². The summed E-state index contributed by atoms with van der Waals surface area (Å²) >= 11 is 0. The first-order chi connectivity index (χ1) is 11.3. The summed E-state index contributed by atoms with van der Waals surface area (Å²) in [5.74, 6) is -0.484. The predicted molar refractivity (Wildman–Crippen MR) is 93.4 cm³/mol. The lowest BCUT2D eigenvalue weighted by Crippen LogP contribution is -2.19. The van der Waals surface area contributed by atoms with Gasteiger partial charge in [-0.15, -0.1) is 0 Å². The van der Waals surface area contributed by atoms with Crippen LogP contribution in [0.2, 0.25) is 0 Å². The van der Waals surface area contributed by atoms with Crippen LogP contribution in [-0.2, 0) is 0 Å². The average Bonchev–Trinajstić information content (AvgIpc) is 2.52. The number of hydrogen-bond donors (Lipinski definition) is 1. The van der Waals surface area contributed by atoms with E-state index in [4.69, 9.17) is 0 Å². The number of rotatable bonds is 4. The molecular weight excluding hydrogens is 306 g/mol. The molecule has 0 aliphatic rings. The number of nitrogens with one attached hydrogen (secondary N) is 1. The van der Waals surface area contributed by atoms with Gasteiger partial charge in [0.05, 0.1) is 10.6 Å². The maximum absolute atomic E-state index is 12.2. The van der Waals surface area contributed by atoms with Crippen LogP contribution < -0.4 is 5.43 Å². The lowest BCUT2D eigenvalue weighted by molar-refractivity contribution is -0.385. The lowest BCUT2D eigenvalue weighted by Gasteiger charge is -2.07. The summed E-state index contributed by atoms with van der Waals surface area (Å²) in [6, 6.07) is 10.3. The molecule has 0 unspecified atom stereocenters. The van der Waals surface area contributed by atoms with Crippen molar-refractivity contribution in [2.45, 2.75) is 27.7 Å². The summed E-state index contributed by atoms with van der Waals surface area (Å²) in [4.78, 5) is 22.6. The van der Waals surface area contributed by atoms with Gasteiger partial charge in [0.1, 0.15) is 0 Å². The zero-order valence-electron chi connectivity index (χ0n) is 14.1. The third-order valence-electron chi connectivity index (χ3n) is 3.76. The van der Waals surface area contributed by atoms with Crippen molar-refractivity contribution in [3.63, 3.8) is 0 Å². The van der Waals surface area contributed by atoms with Gasteiger partial charge in [0.25, 0.3) is 11.6 Å². The molecule has 24 heavy (non-hydrogen) atoms. The fourth-order valence-corrected chi connectivity index (χ4v) is 2.43. The van der Waals surface area contributed by atoms with Gasteiger partial charge in [-0.25, -0.2) is 5.43 Å². The first-order valence-corrected chi connectivity index (χ1v) is 7.47. The van der Waals surface area contributed by atoms with Crippen molar-refractivity contribution in [2.24, 2.45) is 5.10 Å². The van der Waals surface area contributed by atoms with Crippen LogP contribution >= 0.6 is 0 Å². The lowest BCUT2D eigenvalue weighted by atomic mass is 10.0. The van der Waals surface area contributed by atoms with Gasteiger partial charge in [-0.3, -0.25) is 14.9 Å². The van der Waals surface area contributed by atoms with Gasteiger partial charge in [-0.05, 0) is 39.3 Å². The Kier molecular flexibility index (Phi) is 5.08. The summed E-state index contributed by atoms with van der Waals surface area (Å²) < 4.78 is 0. The molecule has 0 saturated heterocycles. The number of aryl methyl sites for hydroxylation is 3. The Bertz CT molecular complexity index is 841. The molecule has 2 aromatic carbocycles. The molecule has 2 rings (SSSR count). The molecule has 0 fully saturated rings. The number of nitro benzene ring substituents is 1. The first kappa shape index (κ1) is 17.3. The van der Waals surface area contributed by atoms with Crippen LogP contribution in [0.3, 0.4) is 0 Å². The molecule has 0 saturated carbocycles. The SMILES string of the molecule is C/C(=N\NC(=O)c1ccc(C)c([N+](=O)[O-])c1)c1ccc(C)cc1C. The first-order valence-electron chi connectivity index (χ1n) is 7.47. The van der Waals surface area contributed by atoms with E-state index in [2.05, 4.69) is 10.5 Å². The number of benzene rings is 2. The predicted octanol–water partition coefficient (Wildman–Crippen LogP) is 3.67. The minimum atomic E-state index is -0.504. The summed E-state index contributed by atoms with van der Waals surface area (Å²) in [5.41, 5.74) is 6.90. The standard InChI is InChI=1S/C18H19N3O3/c1-11-5-8-16(13(3)9-11)14(4)19-20-18(22)15-7-6-12(2)17(10-15)21(23)24/h5-10H,1-4H3,(H,20,22)/b19-14+. The number of hydrazone groups is 1. The van der Waals surface area contributed by atoms with Crippen molar-refractivity contribution >= 4 is 17.3 Å². The molecule has 0 aromatic heterocycles. The normalized spacial score (nSPS) is 11.2. The monoisotopic (exact) mass is 325 g/mol. The average molecular weight is 325 g/mol. The smallest absolute Gasteiger partial charge is 0.267 e. The molecular formula is C18H19N3O3. The van der Waals surface area contributed by atoms with E-state index in [9.17, 15) is 14.9 Å². The van der Waals surface area contributed by atoms with E-state index in [1.807, 2.05) is 32.0 Å². The summed E-state index contributed by atoms with van der Waals surface area (Å²) in [6.07, 6.45) is 0. The van der Waals surface area contributed by atoms with Gasteiger partial charge < -0.3 is 0 Å². The van der Waals surface area contributed by atoms with E-state index >= 15 is 0 Å². The Morgan fingerprint density at radius 3 is 2.42 bits per heavy atom. The van der Waals surface area contributed by atoms with Crippen molar-refractivity contribution < 1.29 is 9.72 Å². The molecule has 6 heteroatoms. The number of nitrogens with zero attached hydrogens (tertiary/aromatic N) is 2. The highest BCUT2D eigenvalue weighted by Crippen LogP contribution is 2.19. The zero-order valence-corrected chi connectivity index (χ0v) is 14.1. The fourth-order valence-electron chi connectivity index (χ4n) is 2.43. The second kappa shape index (κ2) is 7.04. The van der Waals surface area contributed by atoms with E-state index < -0.39 is 10.8 Å². The maximum atomic E-state index is 12.2. The van der Waals surface area contributed by atoms with E-state index in [1.54, 1.807) is 26.0 Å². The fraction of sp³-hybridized carbons (Fsp3) is 0.222. The second-order valence-corrected chi connectivity index (χ2v) is 5.71. The Hall–Kier alpha value is -3.02. The Morgan fingerprint density at radius 1 is 1.08 bits per heavy atom. The molecule has 2 aromatic rings. The van der Waals surface area contributed by atoms with Crippen LogP contribution in [0.15, 0.2) is 41.5 Å². The molecule has 1 N–H and O–H groups in total. The third-order valence-corrected chi connectivity index (χ3v) is 3.76. The van der Waals surface area contributed by atoms with Gasteiger partial charge in [-0.2, -0.15) is 5.10 Å². The molecule has 0 bridgehead atoms. The Morgan fingerprint density at radius 2 is 1.79 bits per heavy atom. The number of nitro groups is 1. The summed E-state index contributed by atoms with van der Waals surface area (Å²) in [6.45, 7) is 7.42. The highest BCUT2D eigenvalue weighted by atomic mass is 16.6. The molecule has 1 amide bonds. The van der Waals surface area contributed by atoms with Crippen LogP contribution in [0.4, 0.5) is 5.69 Å². The van der Waals surface area contributed by atoms with E-state index in [1.165, 1.54) is 6.07 Å². The van der Waals surface area contributed by atoms with Crippen LogP contribution in [0.25, 0.3) is 0 Å². The Balaban J connectivity index is 2.20. The highest BCUT2D eigenvalue weighted by Gasteiger charge is 2.14. The van der Waals surface area contributed by atoms with Gasteiger partial charge >= 0.3 is 0 Å². The van der Waals surface area contributed by atoms with E-state index in [0.29, 0.717) is 11.3 Å². The molecule has 6 nitrogen and oxygen atoms in total. The van der Waals surface area contributed by atoms with Crippen LogP contribution in [0.5, 0.6) is 0 Å².